The number of hydrogen-bond donors (Lipinski definition) is 3. The van der Waals surface area contributed by atoms with Gasteiger partial charge < -0.3 is 15.7 Å². The zero-order chi connectivity index (χ0) is 13.4. The van der Waals surface area contributed by atoms with Gasteiger partial charge in [-0.3, -0.25) is 9.59 Å². The summed E-state index contributed by atoms with van der Waals surface area (Å²) < 4.78 is 0. The van der Waals surface area contributed by atoms with E-state index in [0.717, 1.165) is 0 Å². The molecule has 5 heteroatoms. The van der Waals surface area contributed by atoms with Crippen LogP contribution < -0.4 is 10.6 Å². The van der Waals surface area contributed by atoms with Gasteiger partial charge in [-0.25, -0.2) is 0 Å². The van der Waals surface area contributed by atoms with Crippen molar-refractivity contribution in [1.82, 2.24) is 10.6 Å². The van der Waals surface area contributed by atoms with Crippen LogP contribution in [0.2, 0.25) is 0 Å². The van der Waals surface area contributed by atoms with Crippen LogP contribution in [0.5, 0.6) is 0 Å². The molecule has 18 heavy (non-hydrogen) atoms. The predicted molar refractivity (Wildman–Crippen MR) is 68.1 cm³/mol. The van der Waals surface area contributed by atoms with Crippen LogP contribution in [0.3, 0.4) is 0 Å². The number of aliphatic hydroxyl groups excluding tert-OH is 1. The molecule has 2 amide bonds. The normalized spacial score (nSPS) is 11.7. The van der Waals surface area contributed by atoms with Crippen molar-refractivity contribution < 1.29 is 14.7 Å². The lowest BCUT2D eigenvalue weighted by molar-refractivity contribution is -0.121. The highest BCUT2D eigenvalue weighted by Crippen LogP contribution is 2.00. The molecule has 0 bridgehead atoms. The Morgan fingerprint density at radius 3 is 2.56 bits per heavy atom. The van der Waals surface area contributed by atoms with Gasteiger partial charge in [-0.1, -0.05) is 18.2 Å². The average molecular weight is 250 g/mol. The molecule has 98 valence electrons. The van der Waals surface area contributed by atoms with Crippen LogP contribution >= 0.6 is 0 Å². The Kier molecular flexibility index (Phi) is 5.87. The molecule has 0 heterocycles. The summed E-state index contributed by atoms with van der Waals surface area (Å²) in [6.45, 7) is 1.91. The fraction of sp³-hybridized carbons (Fsp3) is 0.385. The van der Waals surface area contributed by atoms with Gasteiger partial charge in [0.15, 0.2) is 0 Å². The minimum Gasteiger partial charge on any atom is -0.395 e. The molecule has 0 saturated carbocycles. The second-order valence-electron chi connectivity index (χ2n) is 4.02. The predicted octanol–water partition coefficient (Wildman–Crippen LogP) is 0.303. The molecule has 0 fully saturated rings. The summed E-state index contributed by atoms with van der Waals surface area (Å²) in [7, 11) is 0. The maximum absolute atomic E-state index is 11.8. The van der Waals surface area contributed by atoms with E-state index in [1.165, 1.54) is 0 Å². The third-order valence-corrected chi connectivity index (χ3v) is 2.34. The molecule has 0 aliphatic carbocycles. The van der Waals surface area contributed by atoms with Crippen LogP contribution in [0.1, 0.15) is 23.7 Å². The topological polar surface area (TPSA) is 78.4 Å². The van der Waals surface area contributed by atoms with Crippen molar-refractivity contribution in [2.24, 2.45) is 0 Å². The molecule has 1 aromatic rings. The van der Waals surface area contributed by atoms with E-state index in [4.69, 9.17) is 5.11 Å². The van der Waals surface area contributed by atoms with Crippen molar-refractivity contribution in [1.29, 1.82) is 0 Å². The van der Waals surface area contributed by atoms with Crippen LogP contribution in [0, 0.1) is 0 Å². The molecule has 1 atom stereocenters. The van der Waals surface area contributed by atoms with Gasteiger partial charge >= 0.3 is 0 Å². The fourth-order valence-corrected chi connectivity index (χ4v) is 1.49. The number of amides is 2. The molecule has 1 rings (SSSR count). The van der Waals surface area contributed by atoms with E-state index in [-0.39, 0.29) is 37.4 Å². The van der Waals surface area contributed by atoms with Gasteiger partial charge in [-0.15, -0.1) is 0 Å². The number of nitrogens with one attached hydrogen (secondary N) is 2. The molecule has 0 spiro atoms. The van der Waals surface area contributed by atoms with E-state index in [1.807, 2.05) is 6.07 Å². The third kappa shape index (κ3) is 4.97. The van der Waals surface area contributed by atoms with E-state index >= 15 is 0 Å². The van der Waals surface area contributed by atoms with Crippen LogP contribution in [0.25, 0.3) is 0 Å². The van der Waals surface area contributed by atoms with E-state index < -0.39 is 0 Å². The first kappa shape index (κ1) is 14.2. The van der Waals surface area contributed by atoms with Gasteiger partial charge in [-0.2, -0.15) is 0 Å². The lowest BCUT2D eigenvalue weighted by atomic mass is 10.1. The van der Waals surface area contributed by atoms with Crippen molar-refractivity contribution >= 4 is 11.8 Å². The average Bonchev–Trinajstić information content (AvgIpc) is 2.37. The van der Waals surface area contributed by atoms with Crippen LogP contribution in [-0.2, 0) is 4.79 Å². The summed E-state index contributed by atoms with van der Waals surface area (Å²) in [5.74, 6) is -0.386. The molecule has 0 radical (unpaired) electrons. The summed E-state index contributed by atoms with van der Waals surface area (Å²) >= 11 is 0. The van der Waals surface area contributed by atoms with E-state index in [2.05, 4.69) is 10.6 Å². The Morgan fingerprint density at radius 1 is 1.28 bits per heavy atom. The van der Waals surface area contributed by atoms with Crippen molar-refractivity contribution in [3.8, 4) is 0 Å². The number of hydrogen-bond acceptors (Lipinski definition) is 3. The smallest absolute Gasteiger partial charge is 0.251 e. The van der Waals surface area contributed by atoms with E-state index in [1.54, 1.807) is 31.2 Å². The van der Waals surface area contributed by atoms with Crippen molar-refractivity contribution in [3.63, 3.8) is 0 Å². The zero-order valence-electron chi connectivity index (χ0n) is 10.3. The number of carbonyl (C=O) groups excluding carboxylic acids is 2. The first-order valence-electron chi connectivity index (χ1n) is 5.87. The van der Waals surface area contributed by atoms with Gasteiger partial charge in [0.05, 0.1) is 6.61 Å². The Hall–Kier alpha value is -1.88. The van der Waals surface area contributed by atoms with Crippen molar-refractivity contribution in [2.75, 3.05) is 13.2 Å². The van der Waals surface area contributed by atoms with E-state index in [9.17, 15) is 9.59 Å². The summed E-state index contributed by atoms with van der Waals surface area (Å²) in [5.41, 5.74) is 0.570. The molecule has 0 saturated heterocycles. The number of rotatable bonds is 6. The second kappa shape index (κ2) is 7.45. The quantitative estimate of drug-likeness (QED) is 0.679. The van der Waals surface area contributed by atoms with Gasteiger partial charge in [0.1, 0.15) is 0 Å². The summed E-state index contributed by atoms with van der Waals surface area (Å²) in [6, 6.07) is 8.59. The third-order valence-electron chi connectivity index (χ3n) is 2.34. The lowest BCUT2D eigenvalue weighted by Crippen LogP contribution is -2.37. The summed E-state index contributed by atoms with van der Waals surface area (Å²) in [6.07, 6.45) is 0.193. The highest BCUT2D eigenvalue weighted by atomic mass is 16.3. The first-order chi connectivity index (χ1) is 8.63. The molecule has 0 aromatic heterocycles. The summed E-state index contributed by atoms with van der Waals surface area (Å²) in [5, 5.41) is 13.8. The maximum Gasteiger partial charge on any atom is 0.251 e. The van der Waals surface area contributed by atoms with Crippen molar-refractivity contribution in [3.05, 3.63) is 35.9 Å². The number of carbonyl (C=O) groups is 2. The molecule has 5 nitrogen and oxygen atoms in total. The lowest BCUT2D eigenvalue weighted by Gasteiger charge is -2.13. The van der Waals surface area contributed by atoms with Gasteiger partial charge in [-0.05, 0) is 19.1 Å². The monoisotopic (exact) mass is 250 g/mol. The fourth-order valence-electron chi connectivity index (χ4n) is 1.49. The Bertz CT molecular complexity index is 392. The molecule has 1 unspecified atom stereocenters. The van der Waals surface area contributed by atoms with Crippen LogP contribution in [-0.4, -0.2) is 36.1 Å². The highest BCUT2D eigenvalue weighted by molar-refractivity contribution is 5.94. The second-order valence-corrected chi connectivity index (χ2v) is 4.02. The molecule has 1 aromatic carbocycles. The van der Waals surface area contributed by atoms with Gasteiger partial charge in [0.2, 0.25) is 5.91 Å². The molecule has 0 aliphatic rings. The summed E-state index contributed by atoms with van der Waals surface area (Å²) in [4.78, 5) is 23.1. The first-order valence-corrected chi connectivity index (χ1v) is 5.87. The SMILES string of the molecule is CC(CC(=O)NCCO)NC(=O)c1ccccc1. The molecule has 0 aliphatic heterocycles. The van der Waals surface area contributed by atoms with Gasteiger partial charge in [0.25, 0.3) is 5.91 Å². The largest absolute Gasteiger partial charge is 0.395 e. The van der Waals surface area contributed by atoms with E-state index in [0.29, 0.717) is 5.56 Å². The Labute approximate surface area is 106 Å². The minimum absolute atomic E-state index is 0.0868. The maximum atomic E-state index is 11.8. The molecule has 3 N–H and O–H groups in total. The number of aliphatic hydroxyl groups is 1. The Morgan fingerprint density at radius 2 is 1.94 bits per heavy atom. The highest BCUT2D eigenvalue weighted by Gasteiger charge is 2.12. The number of benzene rings is 1. The minimum atomic E-state index is -0.253. The van der Waals surface area contributed by atoms with Gasteiger partial charge in [0, 0.05) is 24.6 Å². The molecular formula is C13H18N2O3. The van der Waals surface area contributed by atoms with Crippen LogP contribution in [0.15, 0.2) is 30.3 Å². The van der Waals surface area contributed by atoms with Crippen LogP contribution in [0.4, 0.5) is 0 Å². The molecular weight excluding hydrogens is 232 g/mol. The zero-order valence-corrected chi connectivity index (χ0v) is 10.3. The Balaban J connectivity index is 2.38. The standard InChI is InChI=1S/C13H18N2O3/c1-10(9-12(17)14-7-8-16)15-13(18)11-5-3-2-4-6-11/h2-6,10,16H,7-9H2,1H3,(H,14,17)(H,15,18). The van der Waals surface area contributed by atoms with Crippen molar-refractivity contribution in [2.45, 2.75) is 19.4 Å².